The molecule has 3 aromatic carbocycles. The lowest BCUT2D eigenvalue weighted by molar-refractivity contribution is -0.114. The van der Waals surface area contributed by atoms with Crippen molar-refractivity contribution in [1.82, 2.24) is 14.8 Å². The highest BCUT2D eigenvalue weighted by Crippen LogP contribution is 2.34. The second-order valence-electron chi connectivity index (χ2n) is 8.44. The van der Waals surface area contributed by atoms with Crippen molar-refractivity contribution in [2.24, 2.45) is 0 Å². The third-order valence-corrected chi connectivity index (χ3v) is 7.38. The second-order valence-corrected chi connectivity index (χ2v) is 10.6. The molecule has 1 aromatic heterocycles. The van der Waals surface area contributed by atoms with Crippen molar-refractivity contribution in [1.29, 1.82) is 0 Å². The number of carbonyl (C=O) groups excluding carboxylic acids is 1. The third kappa shape index (κ3) is 5.34. The van der Waals surface area contributed by atoms with E-state index in [-0.39, 0.29) is 22.8 Å². The molecule has 0 radical (unpaired) electrons. The second kappa shape index (κ2) is 10.2. The number of hydrogen-bond acceptors (Lipinski definition) is 7. The maximum absolute atomic E-state index is 13.0. The summed E-state index contributed by atoms with van der Waals surface area (Å²) in [6.07, 6.45) is 1.98. The fraction of sp³-hybridized carbons (Fsp3) is 0.115. The van der Waals surface area contributed by atoms with E-state index >= 15 is 0 Å². The summed E-state index contributed by atoms with van der Waals surface area (Å²) >= 11 is 6.07. The first kappa shape index (κ1) is 25.3. The molecule has 5 rings (SSSR count). The van der Waals surface area contributed by atoms with Gasteiger partial charge in [0.05, 0.1) is 12.0 Å². The average molecular weight is 551 g/mol. The van der Waals surface area contributed by atoms with Gasteiger partial charge in [0, 0.05) is 23.3 Å². The molecule has 0 unspecified atom stereocenters. The van der Waals surface area contributed by atoms with E-state index in [1.54, 1.807) is 23.9 Å². The number of fused-ring (bicyclic) bond motifs is 1. The minimum absolute atomic E-state index is 0.000911. The van der Waals surface area contributed by atoms with Gasteiger partial charge in [0.1, 0.15) is 11.8 Å². The fourth-order valence-corrected chi connectivity index (χ4v) is 5.04. The van der Waals surface area contributed by atoms with E-state index in [1.165, 1.54) is 31.2 Å². The Hall–Kier alpha value is -4.35. The molecule has 1 aliphatic rings. The quantitative estimate of drug-likeness (QED) is 0.303. The van der Waals surface area contributed by atoms with Crippen LogP contribution >= 0.6 is 11.6 Å². The number of anilines is 3. The molecular formula is C26H23ClN6O4S. The molecule has 194 valence electrons. The molecule has 10 nitrogen and oxygen atoms in total. The van der Waals surface area contributed by atoms with Crippen molar-refractivity contribution in [3.63, 3.8) is 0 Å². The number of halogens is 1. The Morgan fingerprint density at radius 3 is 2.34 bits per heavy atom. The van der Waals surface area contributed by atoms with Crippen molar-refractivity contribution in [3.05, 3.63) is 95.0 Å². The van der Waals surface area contributed by atoms with E-state index in [9.17, 15) is 13.2 Å². The molecule has 3 N–H and O–H groups in total. The first-order valence-electron chi connectivity index (χ1n) is 11.5. The lowest BCUT2D eigenvalue weighted by Crippen LogP contribution is -2.20. The number of ether oxygens (including phenoxy) is 1. The summed E-state index contributed by atoms with van der Waals surface area (Å²) in [4.78, 5) is 15.7. The molecule has 1 aliphatic heterocycles. The number of methoxy groups -OCH3 is 1. The zero-order chi connectivity index (χ0) is 26.9. The first-order chi connectivity index (χ1) is 18.2. The highest BCUT2D eigenvalue weighted by Gasteiger charge is 2.27. The van der Waals surface area contributed by atoms with Gasteiger partial charge in [-0.2, -0.15) is 4.98 Å². The molecule has 4 aromatic rings. The van der Waals surface area contributed by atoms with Crippen molar-refractivity contribution < 1.29 is 17.9 Å². The van der Waals surface area contributed by atoms with Crippen LogP contribution in [0.5, 0.6) is 5.75 Å². The number of hydrogen-bond donors (Lipinski definition) is 3. The number of allylic oxidation sites excluding steroid dienone is 1. The van der Waals surface area contributed by atoms with E-state index in [1.807, 2.05) is 42.5 Å². The minimum atomic E-state index is -4.00. The van der Waals surface area contributed by atoms with E-state index in [0.717, 1.165) is 16.8 Å². The maximum atomic E-state index is 13.0. The Balaban J connectivity index is 1.48. The van der Waals surface area contributed by atoms with Gasteiger partial charge in [0.15, 0.2) is 0 Å². The van der Waals surface area contributed by atoms with Gasteiger partial charge in [-0.15, -0.1) is 5.10 Å². The van der Waals surface area contributed by atoms with Gasteiger partial charge in [0.2, 0.25) is 11.9 Å². The van der Waals surface area contributed by atoms with Crippen LogP contribution in [0.15, 0.2) is 83.8 Å². The summed E-state index contributed by atoms with van der Waals surface area (Å²) in [6, 6.07) is 20.3. The molecule has 0 aliphatic carbocycles. The number of sulfonamides is 1. The minimum Gasteiger partial charge on any atom is -0.497 e. The first-order valence-corrected chi connectivity index (χ1v) is 13.3. The maximum Gasteiger partial charge on any atom is 0.264 e. The predicted molar refractivity (Wildman–Crippen MR) is 146 cm³/mol. The number of amides is 1. The van der Waals surface area contributed by atoms with Crippen molar-refractivity contribution in [3.8, 4) is 5.75 Å². The standard InChI is InChI=1S/C26H23ClN6O4S/c1-16(34)28-20-9-13-22(14-10-20)38(35,36)32-25-30-26-29-23(17-3-7-19(27)8-4-17)15-24(33(26)31-25)18-5-11-21(37-2)12-6-18/h3-15,24H,1-2H3,(H,28,34)(H2,29,30,31,32)/t24-/m0/s1. The predicted octanol–water partition coefficient (Wildman–Crippen LogP) is 4.76. The normalized spacial score (nSPS) is 14.6. The summed E-state index contributed by atoms with van der Waals surface area (Å²) in [5.74, 6) is 0.720. The van der Waals surface area contributed by atoms with E-state index in [2.05, 4.69) is 25.4 Å². The van der Waals surface area contributed by atoms with Crippen molar-refractivity contribution in [2.45, 2.75) is 17.9 Å². The Bertz CT molecular complexity index is 1620. The Labute approximate surface area is 224 Å². The van der Waals surface area contributed by atoms with Gasteiger partial charge in [-0.05, 0) is 65.7 Å². The third-order valence-electron chi connectivity index (χ3n) is 5.79. The summed E-state index contributed by atoms with van der Waals surface area (Å²) < 4.78 is 35.4. The van der Waals surface area contributed by atoms with Crippen LogP contribution in [-0.4, -0.2) is 36.2 Å². The topological polar surface area (TPSA) is 127 Å². The summed E-state index contributed by atoms with van der Waals surface area (Å²) in [7, 11) is -2.40. The Morgan fingerprint density at radius 1 is 1.03 bits per heavy atom. The number of aromatic nitrogens is 3. The van der Waals surface area contributed by atoms with Gasteiger partial charge in [-0.1, -0.05) is 35.9 Å². The molecule has 12 heteroatoms. The Morgan fingerprint density at radius 2 is 1.71 bits per heavy atom. The van der Waals surface area contributed by atoms with Gasteiger partial charge in [-0.25, -0.2) is 17.8 Å². The number of nitrogens with one attached hydrogen (secondary N) is 3. The highest BCUT2D eigenvalue weighted by atomic mass is 35.5. The lowest BCUT2D eigenvalue weighted by Gasteiger charge is -2.24. The molecule has 1 atom stereocenters. The van der Waals surface area contributed by atoms with Gasteiger partial charge < -0.3 is 15.4 Å². The highest BCUT2D eigenvalue weighted by molar-refractivity contribution is 7.92. The van der Waals surface area contributed by atoms with E-state index in [0.29, 0.717) is 22.4 Å². The fourth-order valence-electron chi connectivity index (χ4n) is 3.97. The zero-order valence-corrected chi connectivity index (χ0v) is 21.9. The van der Waals surface area contributed by atoms with Crippen molar-refractivity contribution >= 4 is 50.8 Å². The summed E-state index contributed by atoms with van der Waals surface area (Å²) in [5.41, 5.74) is 3.03. The summed E-state index contributed by atoms with van der Waals surface area (Å²) in [6.45, 7) is 1.37. The Kier molecular flexibility index (Phi) is 6.79. The van der Waals surface area contributed by atoms with Crippen LogP contribution in [0.3, 0.4) is 0 Å². The van der Waals surface area contributed by atoms with Crippen LogP contribution in [0, 0.1) is 0 Å². The smallest absolute Gasteiger partial charge is 0.264 e. The zero-order valence-electron chi connectivity index (χ0n) is 20.3. The van der Waals surface area contributed by atoms with Gasteiger partial charge in [-0.3, -0.25) is 4.79 Å². The monoisotopic (exact) mass is 550 g/mol. The molecule has 38 heavy (non-hydrogen) atoms. The number of rotatable bonds is 7. The molecule has 0 bridgehead atoms. The van der Waals surface area contributed by atoms with Crippen LogP contribution in [0.1, 0.15) is 24.1 Å². The molecule has 0 fully saturated rings. The number of benzene rings is 3. The van der Waals surface area contributed by atoms with Gasteiger partial charge >= 0.3 is 0 Å². The van der Waals surface area contributed by atoms with Crippen LogP contribution in [0.25, 0.3) is 5.70 Å². The van der Waals surface area contributed by atoms with Gasteiger partial charge in [0.25, 0.3) is 16.0 Å². The molecule has 0 saturated carbocycles. The van der Waals surface area contributed by atoms with Crippen molar-refractivity contribution in [2.75, 3.05) is 22.5 Å². The lowest BCUT2D eigenvalue weighted by atomic mass is 10.0. The molecule has 0 saturated heterocycles. The molecule has 2 heterocycles. The number of nitrogens with zero attached hydrogens (tertiary/aromatic N) is 3. The molecular weight excluding hydrogens is 528 g/mol. The van der Waals surface area contributed by atoms with Crippen LogP contribution < -0.4 is 20.1 Å². The van der Waals surface area contributed by atoms with Crippen LogP contribution in [-0.2, 0) is 14.8 Å². The SMILES string of the molecule is COc1ccc([C@@H]2C=C(c3ccc(Cl)cc3)Nc3nc(NS(=O)(=O)c4ccc(NC(C)=O)cc4)nn32)cc1. The van der Waals surface area contributed by atoms with E-state index < -0.39 is 10.0 Å². The summed E-state index contributed by atoms with van der Waals surface area (Å²) in [5, 5.41) is 10.9. The number of carbonyl (C=O) groups is 1. The molecule has 0 spiro atoms. The van der Waals surface area contributed by atoms with Crippen LogP contribution in [0.2, 0.25) is 5.02 Å². The van der Waals surface area contributed by atoms with Crippen LogP contribution in [0.4, 0.5) is 17.6 Å². The molecule has 1 amide bonds. The van der Waals surface area contributed by atoms with E-state index in [4.69, 9.17) is 16.3 Å². The average Bonchev–Trinajstić information content (AvgIpc) is 3.30. The largest absolute Gasteiger partial charge is 0.497 e.